The van der Waals surface area contributed by atoms with Gasteiger partial charge in [-0.2, -0.15) is 0 Å². The number of sulfonamides is 1. The van der Waals surface area contributed by atoms with E-state index in [1.165, 1.54) is 6.07 Å². The van der Waals surface area contributed by atoms with Crippen molar-refractivity contribution in [2.45, 2.75) is 18.2 Å². The van der Waals surface area contributed by atoms with Gasteiger partial charge in [-0.15, -0.1) is 0 Å². The third-order valence-electron chi connectivity index (χ3n) is 3.61. The van der Waals surface area contributed by atoms with Gasteiger partial charge >= 0.3 is 0 Å². The van der Waals surface area contributed by atoms with Crippen LogP contribution in [0.25, 0.3) is 0 Å². The Morgan fingerprint density at radius 3 is 2.48 bits per heavy atom. The van der Waals surface area contributed by atoms with Crippen LogP contribution in [0, 0.1) is 0 Å². The first-order chi connectivity index (χ1) is 9.79. The van der Waals surface area contributed by atoms with Crippen molar-refractivity contribution in [3.8, 4) is 0 Å². The predicted octanol–water partition coefficient (Wildman–Crippen LogP) is -0.0252. The summed E-state index contributed by atoms with van der Waals surface area (Å²) < 4.78 is 22.7. The summed E-state index contributed by atoms with van der Waals surface area (Å²) in [6.45, 7) is 4.42. The minimum absolute atomic E-state index is 0.0635. The first kappa shape index (κ1) is 15.6. The topological polar surface area (TPSA) is 110 Å². The predicted molar refractivity (Wildman–Crippen MR) is 81.3 cm³/mol. The molecule has 0 bridgehead atoms. The second kappa shape index (κ2) is 5.90. The molecule has 1 aliphatic heterocycles. The van der Waals surface area contributed by atoms with Crippen molar-refractivity contribution in [3.05, 3.63) is 18.2 Å². The quantitative estimate of drug-likeness (QED) is 0.746. The molecular formula is C13H20N4O3S. The molecule has 1 aromatic rings. The Bertz CT molecular complexity index is 645. The zero-order valence-corrected chi connectivity index (χ0v) is 12.8. The third-order valence-corrected chi connectivity index (χ3v) is 4.59. The first-order valence-corrected chi connectivity index (χ1v) is 8.26. The average Bonchev–Trinajstić information content (AvgIpc) is 2.62. The molecule has 1 amide bonds. The fourth-order valence-corrected chi connectivity index (χ4v) is 3.13. The van der Waals surface area contributed by atoms with Crippen LogP contribution in [-0.4, -0.2) is 45.4 Å². The number of carbonyl (C=O) groups is 1. The Balaban J connectivity index is 2.19. The van der Waals surface area contributed by atoms with E-state index >= 15 is 0 Å². The molecule has 1 fully saturated rings. The molecule has 1 heterocycles. The lowest BCUT2D eigenvalue weighted by Crippen LogP contribution is -2.33. The van der Waals surface area contributed by atoms with Crippen LogP contribution in [0.5, 0.6) is 0 Å². The molecule has 0 spiro atoms. The van der Waals surface area contributed by atoms with E-state index in [1.54, 1.807) is 19.1 Å². The smallest absolute Gasteiger partial charge is 0.240 e. The molecule has 0 aromatic heterocycles. The molecule has 116 valence electrons. The van der Waals surface area contributed by atoms with Crippen molar-refractivity contribution >= 4 is 27.3 Å². The van der Waals surface area contributed by atoms with Crippen LogP contribution in [0.15, 0.2) is 23.1 Å². The van der Waals surface area contributed by atoms with Gasteiger partial charge in [0.1, 0.15) is 4.90 Å². The zero-order valence-electron chi connectivity index (χ0n) is 11.9. The van der Waals surface area contributed by atoms with E-state index < -0.39 is 10.0 Å². The van der Waals surface area contributed by atoms with E-state index in [0.29, 0.717) is 13.1 Å². The monoisotopic (exact) mass is 312 g/mol. The summed E-state index contributed by atoms with van der Waals surface area (Å²) in [6.07, 6.45) is 0.858. The minimum atomic E-state index is -3.80. The Labute approximate surface area is 124 Å². The van der Waals surface area contributed by atoms with Gasteiger partial charge in [0.15, 0.2) is 0 Å². The molecule has 7 nitrogen and oxygen atoms in total. The normalized spacial score (nSPS) is 16.7. The molecular weight excluding hydrogens is 292 g/mol. The maximum Gasteiger partial charge on any atom is 0.240 e. The number of nitrogens with zero attached hydrogens (tertiary/aromatic N) is 2. The highest BCUT2D eigenvalue weighted by atomic mass is 32.2. The molecule has 1 saturated heterocycles. The summed E-state index contributed by atoms with van der Waals surface area (Å²) >= 11 is 0. The lowest BCUT2D eigenvalue weighted by atomic mass is 10.2. The van der Waals surface area contributed by atoms with Gasteiger partial charge in [-0.25, -0.2) is 13.6 Å². The van der Waals surface area contributed by atoms with Gasteiger partial charge in [-0.1, -0.05) is 0 Å². The molecule has 21 heavy (non-hydrogen) atoms. The van der Waals surface area contributed by atoms with Crippen molar-refractivity contribution in [1.29, 1.82) is 0 Å². The Morgan fingerprint density at radius 2 is 1.90 bits per heavy atom. The van der Waals surface area contributed by atoms with E-state index in [0.717, 1.165) is 25.2 Å². The molecule has 0 saturated carbocycles. The van der Waals surface area contributed by atoms with Crippen LogP contribution >= 0.6 is 0 Å². The van der Waals surface area contributed by atoms with Crippen molar-refractivity contribution in [2.75, 3.05) is 36.8 Å². The summed E-state index contributed by atoms with van der Waals surface area (Å²) in [5.74, 6) is 0.0703. The number of primary sulfonamides is 1. The molecule has 8 heteroatoms. The number of anilines is 2. The fraction of sp³-hybridized carbons (Fsp3) is 0.462. The third kappa shape index (κ3) is 3.64. The van der Waals surface area contributed by atoms with Gasteiger partial charge in [-0.3, -0.25) is 4.79 Å². The second-order valence-corrected chi connectivity index (χ2v) is 6.64. The zero-order chi connectivity index (χ0) is 15.6. The summed E-state index contributed by atoms with van der Waals surface area (Å²) in [7, 11) is -3.80. The highest BCUT2D eigenvalue weighted by molar-refractivity contribution is 7.89. The molecule has 1 aliphatic rings. The van der Waals surface area contributed by atoms with Crippen LogP contribution < -0.4 is 15.8 Å². The summed E-state index contributed by atoms with van der Waals surface area (Å²) in [5.41, 5.74) is 6.76. The molecule has 2 rings (SSSR count). The van der Waals surface area contributed by atoms with E-state index in [-0.39, 0.29) is 16.5 Å². The van der Waals surface area contributed by atoms with E-state index in [4.69, 9.17) is 10.9 Å². The Morgan fingerprint density at radius 1 is 1.19 bits per heavy atom. The summed E-state index contributed by atoms with van der Waals surface area (Å²) in [4.78, 5) is 15.2. The lowest BCUT2D eigenvalue weighted by Gasteiger charge is -2.24. The Hall–Kier alpha value is -1.80. The number of rotatable bonds is 2. The molecule has 0 atom stereocenters. The molecule has 1 aromatic carbocycles. The first-order valence-electron chi connectivity index (χ1n) is 6.72. The van der Waals surface area contributed by atoms with Crippen molar-refractivity contribution in [2.24, 2.45) is 5.14 Å². The van der Waals surface area contributed by atoms with Crippen molar-refractivity contribution in [3.63, 3.8) is 0 Å². The number of amides is 1. The minimum Gasteiger partial charge on any atom is -0.398 e. The number of hydrogen-bond acceptors (Lipinski definition) is 5. The summed E-state index contributed by atoms with van der Waals surface area (Å²) in [6, 6.07) is 4.73. The maximum atomic E-state index is 11.4. The number of benzene rings is 1. The molecule has 0 unspecified atom stereocenters. The van der Waals surface area contributed by atoms with Crippen LogP contribution in [0.3, 0.4) is 0 Å². The number of nitrogen functional groups attached to an aromatic ring is 1. The van der Waals surface area contributed by atoms with Gasteiger partial charge in [0.2, 0.25) is 15.9 Å². The standard InChI is InChI=1S/C13H20N4O3S/c1-10(18)16-5-2-6-17(8-7-16)11-3-4-13(12(14)9-11)21(15,19)20/h3-4,9H,2,5-8,14H2,1H3,(H2,15,19,20). The Kier molecular flexibility index (Phi) is 4.38. The number of nitrogens with two attached hydrogens (primary N) is 2. The van der Waals surface area contributed by atoms with Crippen LogP contribution in [0.2, 0.25) is 0 Å². The van der Waals surface area contributed by atoms with Gasteiger partial charge in [0.25, 0.3) is 0 Å². The largest absolute Gasteiger partial charge is 0.398 e. The second-order valence-electron chi connectivity index (χ2n) is 5.11. The van der Waals surface area contributed by atoms with E-state index in [1.807, 2.05) is 4.90 Å². The van der Waals surface area contributed by atoms with Gasteiger partial charge in [0, 0.05) is 38.8 Å². The van der Waals surface area contributed by atoms with Crippen LogP contribution in [0.1, 0.15) is 13.3 Å². The molecule has 4 N–H and O–H groups in total. The lowest BCUT2D eigenvalue weighted by molar-refractivity contribution is -0.128. The number of carbonyl (C=O) groups excluding carboxylic acids is 1. The van der Waals surface area contributed by atoms with E-state index in [2.05, 4.69) is 4.90 Å². The average molecular weight is 312 g/mol. The SMILES string of the molecule is CC(=O)N1CCCN(c2ccc(S(N)(=O)=O)c(N)c2)CC1. The van der Waals surface area contributed by atoms with Gasteiger partial charge in [-0.05, 0) is 24.6 Å². The highest BCUT2D eigenvalue weighted by Crippen LogP contribution is 2.25. The van der Waals surface area contributed by atoms with E-state index in [9.17, 15) is 13.2 Å². The fourth-order valence-electron chi connectivity index (χ4n) is 2.48. The molecule has 0 aliphatic carbocycles. The van der Waals surface area contributed by atoms with Crippen molar-refractivity contribution < 1.29 is 13.2 Å². The van der Waals surface area contributed by atoms with Crippen LogP contribution in [-0.2, 0) is 14.8 Å². The van der Waals surface area contributed by atoms with Gasteiger partial charge < -0.3 is 15.5 Å². The maximum absolute atomic E-state index is 11.4. The summed E-state index contributed by atoms with van der Waals surface area (Å²) in [5, 5.41) is 5.10. The van der Waals surface area contributed by atoms with Gasteiger partial charge in [0.05, 0.1) is 5.69 Å². The van der Waals surface area contributed by atoms with Crippen molar-refractivity contribution in [1.82, 2.24) is 4.90 Å². The highest BCUT2D eigenvalue weighted by Gasteiger charge is 2.18. The number of hydrogen-bond donors (Lipinski definition) is 2. The molecule has 0 radical (unpaired) electrons. The van der Waals surface area contributed by atoms with Crippen LogP contribution in [0.4, 0.5) is 11.4 Å².